The fraction of sp³-hybridized carbons (Fsp3) is 1.00. The van der Waals surface area contributed by atoms with Crippen LogP contribution in [-0.2, 0) is 11.0 Å². The lowest BCUT2D eigenvalue weighted by Gasteiger charge is -2.40. The quantitative estimate of drug-likeness (QED) is 0.809. The third-order valence-electron chi connectivity index (χ3n) is 4.33. The number of alkyl halides is 1. The second-order valence-electron chi connectivity index (χ2n) is 6.64. The van der Waals surface area contributed by atoms with Crippen molar-refractivity contribution in [2.75, 3.05) is 13.1 Å². The predicted octanol–water partition coefficient (Wildman–Crippen LogP) is 1.91. The zero-order chi connectivity index (χ0) is 13.4. The summed E-state index contributed by atoms with van der Waals surface area (Å²) in [6.45, 7) is 7.67. The van der Waals surface area contributed by atoms with Gasteiger partial charge in [0.15, 0.2) is 0 Å². The molecule has 1 aliphatic carbocycles. The van der Waals surface area contributed by atoms with Crippen molar-refractivity contribution in [2.24, 2.45) is 5.41 Å². The van der Waals surface area contributed by atoms with Gasteiger partial charge in [-0.1, -0.05) is 0 Å². The summed E-state index contributed by atoms with van der Waals surface area (Å²) in [4.78, 5) is 0. The first-order chi connectivity index (χ1) is 8.35. The van der Waals surface area contributed by atoms with E-state index in [1.165, 1.54) is 0 Å². The molecule has 1 saturated heterocycles. The molecule has 5 heteroatoms. The van der Waals surface area contributed by atoms with E-state index in [2.05, 4.69) is 10.0 Å². The van der Waals surface area contributed by atoms with Gasteiger partial charge in [-0.2, -0.15) is 0 Å². The largest absolute Gasteiger partial charge is 0.317 e. The van der Waals surface area contributed by atoms with Gasteiger partial charge in [0.05, 0.1) is 21.8 Å². The zero-order valence-corrected chi connectivity index (χ0v) is 12.4. The van der Waals surface area contributed by atoms with Crippen molar-refractivity contribution < 1.29 is 8.60 Å². The summed E-state index contributed by atoms with van der Waals surface area (Å²) in [6, 6.07) is -0.236. The first kappa shape index (κ1) is 14.4. The third kappa shape index (κ3) is 2.78. The maximum Gasteiger partial charge on any atom is 0.117 e. The second-order valence-corrected chi connectivity index (χ2v) is 8.64. The molecular weight excluding hydrogens is 251 g/mol. The summed E-state index contributed by atoms with van der Waals surface area (Å²) in [5, 5.41) is 3.33. The highest BCUT2D eigenvalue weighted by atomic mass is 32.2. The topological polar surface area (TPSA) is 41.1 Å². The highest BCUT2D eigenvalue weighted by Crippen LogP contribution is 2.46. The van der Waals surface area contributed by atoms with Gasteiger partial charge in [0.25, 0.3) is 0 Å². The van der Waals surface area contributed by atoms with Crippen LogP contribution in [0.4, 0.5) is 4.39 Å². The van der Waals surface area contributed by atoms with E-state index in [-0.39, 0.29) is 16.2 Å². The Morgan fingerprint density at radius 3 is 2.44 bits per heavy atom. The smallest absolute Gasteiger partial charge is 0.117 e. The monoisotopic (exact) mass is 276 g/mol. The summed E-state index contributed by atoms with van der Waals surface area (Å²) in [5.41, 5.74) is 0.0194. The van der Waals surface area contributed by atoms with Crippen LogP contribution in [0.2, 0.25) is 0 Å². The Kier molecular flexibility index (Phi) is 4.14. The van der Waals surface area contributed by atoms with Crippen molar-refractivity contribution in [1.29, 1.82) is 0 Å². The molecule has 2 fully saturated rings. The van der Waals surface area contributed by atoms with E-state index in [9.17, 15) is 8.60 Å². The molecule has 3 nitrogen and oxygen atoms in total. The van der Waals surface area contributed by atoms with Crippen LogP contribution < -0.4 is 10.0 Å². The Labute approximate surface area is 112 Å². The molecule has 1 heterocycles. The molecule has 1 saturated carbocycles. The maximum atomic E-state index is 14.1. The summed E-state index contributed by atoms with van der Waals surface area (Å²) >= 11 is 0. The Bertz CT molecular complexity index is 318. The highest BCUT2D eigenvalue weighted by Gasteiger charge is 2.50. The number of halogens is 1. The van der Waals surface area contributed by atoms with Crippen LogP contribution >= 0.6 is 0 Å². The molecule has 0 aromatic rings. The molecule has 3 atom stereocenters. The number of hydrogen-bond acceptors (Lipinski definition) is 2. The van der Waals surface area contributed by atoms with Crippen LogP contribution in [0.15, 0.2) is 0 Å². The van der Waals surface area contributed by atoms with Gasteiger partial charge in [0.1, 0.15) is 6.17 Å². The molecule has 1 spiro atoms. The van der Waals surface area contributed by atoms with E-state index in [0.717, 1.165) is 32.4 Å². The van der Waals surface area contributed by atoms with Crippen LogP contribution in [-0.4, -0.2) is 34.3 Å². The number of rotatable bonds is 2. The van der Waals surface area contributed by atoms with E-state index < -0.39 is 17.2 Å². The summed E-state index contributed by atoms with van der Waals surface area (Å²) < 4.78 is 29.1. The Morgan fingerprint density at radius 1 is 1.28 bits per heavy atom. The molecule has 2 aliphatic rings. The minimum absolute atomic E-state index is 0.0194. The molecule has 0 aromatic carbocycles. The predicted molar refractivity (Wildman–Crippen MR) is 73.5 cm³/mol. The van der Waals surface area contributed by atoms with E-state index >= 15 is 0 Å². The van der Waals surface area contributed by atoms with Crippen molar-refractivity contribution in [3.05, 3.63) is 0 Å². The minimum Gasteiger partial charge on any atom is -0.317 e. The number of nitrogens with one attached hydrogen (secondary N) is 2. The van der Waals surface area contributed by atoms with Crippen molar-refractivity contribution in [2.45, 2.75) is 63.4 Å². The lowest BCUT2D eigenvalue weighted by Crippen LogP contribution is -2.53. The number of hydrogen-bond donors (Lipinski definition) is 2. The van der Waals surface area contributed by atoms with Crippen LogP contribution in [0.1, 0.15) is 46.5 Å². The fourth-order valence-corrected chi connectivity index (χ4v) is 4.09. The Morgan fingerprint density at radius 2 is 1.89 bits per heavy atom. The van der Waals surface area contributed by atoms with Gasteiger partial charge in [-0.15, -0.1) is 0 Å². The fourth-order valence-electron chi connectivity index (χ4n) is 3.11. The molecule has 18 heavy (non-hydrogen) atoms. The molecule has 0 aromatic heterocycles. The molecule has 1 aliphatic heterocycles. The van der Waals surface area contributed by atoms with E-state index in [1.54, 1.807) is 0 Å². The van der Waals surface area contributed by atoms with Gasteiger partial charge < -0.3 is 5.32 Å². The van der Waals surface area contributed by atoms with Crippen molar-refractivity contribution in [3.63, 3.8) is 0 Å². The Balaban J connectivity index is 2.10. The van der Waals surface area contributed by atoms with E-state index in [0.29, 0.717) is 6.42 Å². The molecule has 0 radical (unpaired) electrons. The van der Waals surface area contributed by atoms with E-state index in [4.69, 9.17) is 0 Å². The molecular formula is C13H25FN2OS. The standard InChI is InChI=1S/C13H25FN2OS/c1-12(2,3)18(17)16-11-10(14)4-5-13(11)6-8-15-9-7-13/h10-11,15-16H,4-9H2,1-3H3. The van der Waals surface area contributed by atoms with Crippen LogP contribution in [0.5, 0.6) is 0 Å². The van der Waals surface area contributed by atoms with Gasteiger partial charge >= 0.3 is 0 Å². The first-order valence-corrected chi connectivity index (χ1v) is 8.03. The molecule has 2 rings (SSSR count). The maximum absolute atomic E-state index is 14.1. The normalized spacial score (nSPS) is 33.8. The van der Waals surface area contributed by atoms with Gasteiger partial charge in [0, 0.05) is 0 Å². The Hall–Kier alpha value is -0.0000000000000000486. The highest BCUT2D eigenvalue weighted by molar-refractivity contribution is 7.84. The van der Waals surface area contributed by atoms with Gasteiger partial charge in [-0.05, 0) is 65.0 Å². The molecule has 106 valence electrons. The number of piperidine rings is 1. The summed E-state index contributed by atoms with van der Waals surface area (Å²) in [5.74, 6) is 0. The lowest BCUT2D eigenvalue weighted by atomic mass is 9.75. The summed E-state index contributed by atoms with van der Waals surface area (Å²) in [6.07, 6.45) is 2.67. The first-order valence-electron chi connectivity index (χ1n) is 6.88. The van der Waals surface area contributed by atoms with Crippen LogP contribution in [0.25, 0.3) is 0 Å². The SMILES string of the molecule is CC(C)(C)S(=O)NC1C(F)CCC12CCNCC2. The molecule has 0 amide bonds. The van der Waals surface area contributed by atoms with Gasteiger partial charge in [-0.25, -0.2) is 13.3 Å². The van der Waals surface area contributed by atoms with Crippen molar-refractivity contribution in [1.82, 2.24) is 10.0 Å². The average Bonchev–Trinajstić information content (AvgIpc) is 2.58. The molecule has 2 N–H and O–H groups in total. The average molecular weight is 276 g/mol. The van der Waals surface area contributed by atoms with Crippen molar-refractivity contribution >= 4 is 11.0 Å². The van der Waals surface area contributed by atoms with E-state index in [1.807, 2.05) is 20.8 Å². The lowest BCUT2D eigenvalue weighted by molar-refractivity contribution is 0.146. The minimum atomic E-state index is -1.19. The third-order valence-corrected chi connectivity index (χ3v) is 5.91. The van der Waals surface area contributed by atoms with Gasteiger partial charge in [0.2, 0.25) is 0 Å². The molecule has 3 unspecified atom stereocenters. The van der Waals surface area contributed by atoms with Crippen molar-refractivity contribution in [3.8, 4) is 0 Å². The second kappa shape index (κ2) is 5.17. The molecule has 0 bridgehead atoms. The van der Waals surface area contributed by atoms with Crippen LogP contribution in [0, 0.1) is 5.41 Å². The van der Waals surface area contributed by atoms with Crippen LogP contribution in [0.3, 0.4) is 0 Å². The van der Waals surface area contributed by atoms with Gasteiger partial charge in [-0.3, -0.25) is 0 Å². The zero-order valence-electron chi connectivity index (χ0n) is 11.6. The summed E-state index contributed by atoms with van der Waals surface area (Å²) in [7, 11) is -1.19.